The van der Waals surface area contributed by atoms with Crippen molar-refractivity contribution in [1.82, 2.24) is 29.8 Å². The highest BCUT2D eigenvalue weighted by molar-refractivity contribution is 7.19. The molecule has 104 valence electrons. The van der Waals surface area contributed by atoms with Crippen LogP contribution >= 0.6 is 11.3 Å². The second-order valence-corrected chi connectivity index (χ2v) is 5.60. The average Bonchev–Trinajstić information content (AvgIpc) is 2.99. The standard InChI is InChI=1S/C12H15N7S/c1-4-13-11-14-5-8(6-15-11)10-18-19-9(7(2)3)16-17-12(19)20-10/h5-7H,4H2,1-3H3,(H,13,14,15). The minimum Gasteiger partial charge on any atom is -0.355 e. The van der Waals surface area contributed by atoms with Crippen molar-refractivity contribution in [2.24, 2.45) is 0 Å². The largest absolute Gasteiger partial charge is 0.355 e. The van der Waals surface area contributed by atoms with Gasteiger partial charge in [0.15, 0.2) is 10.8 Å². The number of nitrogens with one attached hydrogen (secondary N) is 1. The normalized spacial score (nSPS) is 11.4. The van der Waals surface area contributed by atoms with Crippen LogP contribution in [0.25, 0.3) is 15.5 Å². The van der Waals surface area contributed by atoms with Crippen LogP contribution in [0.15, 0.2) is 12.4 Å². The van der Waals surface area contributed by atoms with Gasteiger partial charge in [-0.05, 0) is 6.92 Å². The third kappa shape index (κ3) is 2.22. The molecule has 0 aromatic carbocycles. The topological polar surface area (TPSA) is 80.9 Å². The lowest BCUT2D eigenvalue weighted by molar-refractivity contribution is 0.727. The van der Waals surface area contributed by atoms with Crippen LogP contribution in [-0.2, 0) is 0 Å². The molecule has 0 saturated heterocycles. The van der Waals surface area contributed by atoms with Crippen molar-refractivity contribution < 1.29 is 0 Å². The Hall–Kier alpha value is -2.09. The smallest absolute Gasteiger partial charge is 0.234 e. The van der Waals surface area contributed by atoms with Crippen LogP contribution in [0.4, 0.5) is 5.95 Å². The summed E-state index contributed by atoms with van der Waals surface area (Å²) in [5.41, 5.74) is 0.886. The molecule has 0 atom stereocenters. The first-order chi connectivity index (χ1) is 9.69. The molecule has 0 amide bonds. The van der Waals surface area contributed by atoms with Crippen molar-refractivity contribution >= 4 is 22.2 Å². The van der Waals surface area contributed by atoms with Gasteiger partial charge in [-0.25, -0.2) is 9.97 Å². The Labute approximate surface area is 120 Å². The fourth-order valence-corrected chi connectivity index (χ4v) is 2.62. The van der Waals surface area contributed by atoms with E-state index in [-0.39, 0.29) is 5.92 Å². The van der Waals surface area contributed by atoms with E-state index in [2.05, 4.69) is 44.4 Å². The van der Waals surface area contributed by atoms with Gasteiger partial charge in [0.1, 0.15) is 0 Å². The lowest BCUT2D eigenvalue weighted by Crippen LogP contribution is -2.01. The molecule has 0 aliphatic rings. The van der Waals surface area contributed by atoms with Gasteiger partial charge in [0, 0.05) is 30.4 Å². The summed E-state index contributed by atoms with van der Waals surface area (Å²) in [7, 11) is 0. The molecule has 3 rings (SSSR count). The molecule has 0 aliphatic heterocycles. The van der Waals surface area contributed by atoms with Crippen LogP contribution in [0.2, 0.25) is 0 Å². The molecule has 0 saturated carbocycles. The van der Waals surface area contributed by atoms with Crippen LogP contribution in [0, 0.1) is 0 Å². The summed E-state index contributed by atoms with van der Waals surface area (Å²) < 4.78 is 1.79. The van der Waals surface area contributed by atoms with Crippen molar-refractivity contribution in [3.63, 3.8) is 0 Å². The van der Waals surface area contributed by atoms with Crippen molar-refractivity contribution in [2.75, 3.05) is 11.9 Å². The number of hydrogen-bond donors (Lipinski definition) is 1. The Bertz CT molecular complexity index is 713. The Morgan fingerprint density at radius 3 is 2.65 bits per heavy atom. The maximum absolute atomic E-state index is 4.55. The Kier molecular flexibility index (Phi) is 3.31. The van der Waals surface area contributed by atoms with E-state index in [4.69, 9.17) is 0 Å². The zero-order valence-electron chi connectivity index (χ0n) is 11.5. The first-order valence-corrected chi connectivity index (χ1v) is 7.29. The molecule has 1 N–H and O–H groups in total. The molecule has 0 aliphatic carbocycles. The first-order valence-electron chi connectivity index (χ1n) is 6.47. The SMILES string of the molecule is CCNc1ncc(-c2nn3c(C(C)C)nnc3s2)cn1. The van der Waals surface area contributed by atoms with E-state index in [1.54, 1.807) is 16.9 Å². The Balaban J connectivity index is 1.97. The summed E-state index contributed by atoms with van der Waals surface area (Å²) in [5.74, 6) is 1.78. The van der Waals surface area contributed by atoms with E-state index in [9.17, 15) is 0 Å². The number of nitrogens with zero attached hydrogens (tertiary/aromatic N) is 6. The van der Waals surface area contributed by atoms with Gasteiger partial charge < -0.3 is 5.32 Å². The summed E-state index contributed by atoms with van der Waals surface area (Å²) >= 11 is 1.49. The molecule has 3 heterocycles. The van der Waals surface area contributed by atoms with E-state index in [1.807, 2.05) is 6.92 Å². The molecular weight excluding hydrogens is 274 g/mol. The molecular formula is C12H15N7S. The lowest BCUT2D eigenvalue weighted by atomic mass is 10.2. The van der Waals surface area contributed by atoms with Crippen molar-refractivity contribution in [3.05, 3.63) is 18.2 Å². The minimum atomic E-state index is 0.285. The van der Waals surface area contributed by atoms with Gasteiger partial charge in [0.25, 0.3) is 0 Å². The number of anilines is 1. The number of aromatic nitrogens is 6. The predicted molar refractivity (Wildman–Crippen MR) is 77.9 cm³/mol. The fraction of sp³-hybridized carbons (Fsp3) is 0.417. The third-order valence-corrected chi connectivity index (χ3v) is 3.71. The molecule has 7 nitrogen and oxygen atoms in total. The summed E-state index contributed by atoms with van der Waals surface area (Å²) in [6, 6.07) is 0. The van der Waals surface area contributed by atoms with Crippen LogP contribution in [0.1, 0.15) is 32.5 Å². The minimum absolute atomic E-state index is 0.285. The van der Waals surface area contributed by atoms with Crippen LogP contribution < -0.4 is 5.32 Å². The van der Waals surface area contributed by atoms with E-state index < -0.39 is 0 Å². The van der Waals surface area contributed by atoms with Gasteiger partial charge in [0.2, 0.25) is 10.9 Å². The van der Waals surface area contributed by atoms with Crippen molar-refractivity contribution in [2.45, 2.75) is 26.7 Å². The lowest BCUT2D eigenvalue weighted by Gasteiger charge is -2.01. The quantitative estimate of drug-likeness (QED) is 0.793. The molecule has 0 spiro atoms. The van der Waals surface area contributed by atoms with Crippen molar-refractivity contribution in [1.29, 1.82) is 0 Å². The summed E-state index contributed by atoms with van der Waals surface area (Å²) in [4.78, 5) is 9.30. The molecule has 20 heavy (non-hydrogen) atoms. The molecule has 0 fully saturated rings. The van der Waals surface area contributed by atoms with Gasteiger partial charge in [-0.2, -0.15) is 9.61 Å². The van der Waals surface area contributed by atoms with E-state index in [0.29, 0.717) is 5.95 Å². The molecule has 0 unspecified atom stereocenters. The maximum Gasteiger partial charge on any atom is 0.234 e. The second kappa shape index (κ2) is 5.12. The average molecular weight is 289 g/mol. The molecule has 3 aromatic rings. The maximum atomic E-state index is 4.55. The number of rotatable bonds is 4. The van der Waals surface area contributed by atoms with Crippen LogP contribution in [-0.4, -0.2) is 36.3 Å². The van der Waals surface area contributed by atoms with Crippen molar-refractivity contribution in [3.8, 4) is 10.6 Å². The van der Waals surface area contributed by atoms with E-state index >= 15 is 0 Å². The second-order valence-electron chi connectivity index (χ2n) is 4.64. The highest BCUT2D eigenvalue weighted by atomic mass is 32.1. The highest BCUT2D eigenvalue weighted by Gasteiger charge is 2.15. The van der Waals surface area contributed by atoms with Crippen LogP contribution in [0.5, 0.6) is 0 Å². The monoisotopic (exact) mass is 289 g/mol. The van der Waals surface area contributed by atoms with Gasteiger partial charge >= 0.3 is 0 Å². The first kappa shape index (κ1) is 12.9. The van der Waals surface area contributed by atoms with E-state index in [1.165, 1.54) is 11.3 Å². The van der Waals surface area contributed by atoms with Gasteiger partial charge in [-0.1, -0.05) is 25.2 Å². The molecule has 0 bridgehead atoms. The third-order valence-electron chi connectivity index (χ3n) is 2.77. The van der Waals surface area contributed by atoms with Gasteiger partial charge in [-0.15, -0.1) is 10.2 Å². The number of hydrogen-bond acceptors (Lipinski definition) is 7. The summed E-state index contributed by atoms with van der Waals surface area (Å²) in [6.07, 6.45) is 3.54. The number of fused-ring (bicyclic) bond motifs is 1. The van der Waals surface area contributed by atoms with Crippen LogP contribution in [0.3, 0.4) is 0 Å². The zero-order chi connectivity index (χ0) is 14.1. The molecule has 3 aromatic heterocycles. The fourth-order valence-electron chi connectivity index (χ4n) is 1.80. The van der Waals surface area contributed by atoms with Gasteiger partial charge in [-0.3, -0.25) is 0 Å². The molecule has 8 heteroatoms. The highest BCUT2D eigenvalue weighted by Crippen LogP contribution is 2.26. The predicted octanol–water partition coefficient (Wildman–Crippen LogP) is 2.20. The molecule has 0 radical (unpaired) electrons. The van der Waals surface area contributed by atoms with E-state index in [0.717, 1.165) is 27.9 Å². The Morgan fingerprint density at radius 2 is 2.00 bits per heavy atom. The Morgan fingerprint density at radius 1 is 1.25 bits per heavy atom. The zero-order valence-corrected chi connectivity index (χ0v) is 12.3. The summed E-state index contributed by atoms with van der Waals surface area (Å²) in [5, 5.41) is 16.8. The summed E-state index contributed by atoms with van der Waals surface area (Å²) in [6.45, 7) is 6.95. The van der Waals surface area contributed by atoms with Gasteiger partial charge in [0.05, 0.1) is 0 Å².